The Balaban J connectivity index is 1.63. The van der Waals surface area contributed by atoms with Gasteiger partial charge in [0.1, 0.15) is 17.5 Å². The van der Waals surface area contributed by atoms with Crippen LogP contribution in [0, 0.1) is 18.6 Å². The number of piperidine rings is 1. The Bertz CT molecular complexity index is 837. The number of anilines is 1. The zero-order chi connectivity index (χ0) is 20.5. The molecule has 9 heteroatoms. The van der Waals surface area contributed by atoms with Crippen LogP contribution in [-0.2, 0) is 11.3 Å². The lowest BCUT2D eigenvalue weighted by Crippen LogP contribution is -2.48. The van der Waals surface area contributed by atoms with Gasteiger partial charge in [0.25, 0.3) is 5.92 Å². The number of benzene rings is 1. The van der Waals surface area contributed by atoms with E-state index in [0.717, 1.165) is 6.07 Å². The molecule has 1 saturated heterocycles. The molecule has 5 nitrogen and oxygen atoms in total. The summed E-state index contributed by atoms with van der Waals surface area (Å²) < 4.78 is 54.9. The normalized spacial score (nSPS) is 18.1. The molecule has 1 aliphatic heterocycles. The van der Waals surface area contributed by atoms with Crippen molar-refractivity contribution in [2.75, 3.05) is 18.4 Å². The van der Waals surface area contributed by atoms with Crippen LogP contribution in [0.2, 0.25) is 0 Å². The number of carbonyl (C=O) groups excluding carboxylic acids is 1. The third kappa shape index (κ3) is 4.89. The minimum Gasteiger partial charge on any atom is -0.328 e. The van der Waals surface area contributed by atoms with Crippen molar-refractivity contribution >= 4 is 11.7 Å². The minimum absolute atomic E-state index is 0.153. The van der Waals surface area contributed by atoms with Crippen LogP contribution in [0.1, 0.15) is 31.2 Å². The summed E-state index contributed by atoms with van der Waals surface area (Å²) >= 11 is 0. The molecule has 1 amide bonds. The largest absolute Gasteiger partial charge is 0.328 e. The van der Waals surface area contributed by atoms with Crippen LogP contribution >= 0.6 is 0 Å². The highest BCUT2D eigenvalue weighted by atomic mass is 19.3. The first kappa shape index (κ1) is 20.3. The Labute approximate surface area is 160 Å². The van der Waals surface area contributed by atoms with Crippen LogP contribution in [0.25, 0.3) is 0 Å². The SMILES string of the molecule is Cc1nc(NC(=O)C(C)N2CCC(F)(F)CC2)cn1Cc1cc(F)cc(F)c1. The molecular formula is C19H22F4N4O. The standard InChI is InChI=1S/C19H22F4N4O/c1-12(26-5-3-19(22,23)4-6-26)18(28)25-17-11-27(13(2)24-17)10-14-7-15(20)9-16(21)8-14/h7-9,11-12H,3-6,10H2,1-2H3,(H,25,28). The molecule has 0 radical (unpaired) electrons. The Morgan fingerprint density at radius 2 is 1.82 bits per heavy atom. The van der Waals surface area contributed by atoms with Gasteiger partial charge in [0.05, 0.1) is 6.04 Å². The molecule has 1 atom stereocenters. The highest BCUT2D eigenvalue weighted by Crippen LogP contribution is 2.28. The van der Waals surface area contributed by atoms with Gasteiger partial charge in [-0.05, 0) is 31.5 Å². The van der Waals surface area contributed by atoms with Crippen molar-refractivity contribution in [2.24, 2.45) is 0 Å². The van der Waals surface area contributed by atoms with Gasteiger partial charge in [-0.2, -0.15) is 0 Å². The fourth-order valence-electron chi connectivity index (χ4n) is 3.26. The monoisotopic (exact) mass is 398 g/mol. The van der Waals surface area contributed by atoms with Gasteiger partial charge in [0.2, 0.25) is 5.91 Å². The van der Waals surface area contributed by atoms with Crippen LogP contribution in [-0.4, -0.2) is 45.4 Å². The molecule has 0 aliphatic carbocycles. The van der Waals surface area contributed by atoms with Gasteiger partial charge in [0, 0.05) is 44.7 Å². The van der Waals surface area contributed by atoms with Gasteiger partial charge in [-0.15, -0.1) is 0 Å². The molecule has 2 heterocycles. The van der Waals surface area contributed by atoms with Crippen molar-refractivity contribution < 1.29 is 22.4 Å². The highest BCUT2D eigenvalue weighted by molar-refractivity contribution is 5.93. The average molecular weight is 398 g/mol. The van der Waals surface area contributed by atoms with E-state index in [4.69, 9.17) is 0 Å². The summed E-state index contributed by atoms with van der Waals surface area (Å²) in [5.74, 6) is -3.48. The van der Waals surface area contributed by atoms with Crippen molar-refractivity contribution in [2.45, 2.75) is 45.2 Å². The van der Waals surface area contributed by atoms with Crippen LogP contribution in [0.5, 0.6) is 0 Å². The summed E-state index contributed by atoms with van der Waals surface area (Å²) in [6, 6.07) is 2.69. The molecule has 2 aromatic rings. The van der Waals surface area contributed by atoms with Gasteiger partial charge in [-0.3, -0.25) is 9.69 Å². The molecule has 28 heavy (non-hydrogen) atoms. The number of aromatic nitrogens is 2. The van der Waals surface area contributed by atoms with Crippen LogP contribution < -0.4 is 5.32 Å². The van der Waals surface area contributed by atoms with E-state index >= 15 is 0 Å². The van der Waals surface area contributed by atoms with E-state index in [1.807, 2.05) is 0 Å². The van der Waals surface area contributed by atoms with Crippen molar-refractivity contribution in [3.63, 3.8) is 0 Å². The number of alkyl halides is 2. The minimum atomic E-state index is -2.67. The van der Waals surface area contributed by atoms with E-state index in [1.54, 1.807) is 29.5 Å². The quantitative estimate of drug-likeness (QED) is 0.784. The number of nitrogens with one attached hydrogen (secondary N) is 1. The topological polar surface area (TPSA) is 50.2 Å². The predicted molar refractivity (Wildman–Crippen MR) is 96.3 cm³/mol. The fraction of sp³-hybridized carbons (Fsp3) is 0.474. The Hall–Kier alpha value is -2.42. The van der Waals surface area contributed by atoms with E-state index in [-0.39, 0.29) is 38.4 Å². The smallest absolute Gasteiger partial charge is 0.250 e. The summed E-state index contributed by atoms with van der Waals surface area (Å²) in [5, 5.41) is 2.68. The van der Waals surface area contributed by atoms with Crippen molar-refractivity contribution in [3.05, 3.63) is 47.4 Å². The zero-order valence-electron chi connectivity index (χ0n) is 15.7. The van der Waals surface area contributed by atoms with E-state index in [1.165, 1.54) is 12.1 Å². The second-order valence-electron chi connectivity index (χ2n) is 7.14. The van der Waals surface area contributed by atoms with Gasteiger partial charge in [-0.25, -0.2) is 22.5 Å². The molecule has 1 N–H and O–H groups in total. The Kier molecular flexibility index (Phi) is 5.74. The summed E-state index contributed by atoms with van der Waals surface area (Å²) in [4.78, 5) is 18.4. The molecule has 3 rings (SSSR count). The number of imidazole rings is 1. The number of likely N-dealkylation sites (tertiary alicyclic amines) is 1. The molecular weight excluding hydrogens is 376 g/mol. The summed E-state index contributed by atoms with van der Waals surface area (Å²) in [6.45, 7) is 3.88. The summed E-state index contributed by atoms with van der Waals surface area (Å²) in [5.41, 5.74) is 0.429. The number of carbonyl (C=O) groups is 1. The molecule has 0 bridgehead atoms. The Morgan fingerprint density at radius 1 is 1.21 bits per heavy atom. The lowest BCUT2D eigenvalue weighted by Gasteiger charge is -2.34. The third-order valence-corrected chi connectivity index (χ3v) is 4.96. The number of amides is 1. The second kappa shape index (κ2) is 7.90. The lowest BCUT2D eigenvalue weighted by atomic mass is 10.0. The maximum absolute atomic E-state index is 13.3. The van der Waals surface area contributed by atoms with E-state index < -0.39 is 23.6 Å². The van der Waals surface area contributed by atoms with E-state index in [9.17, 15) is 22.4 Å². The number of hydrogen-bond donors (Lipinski definition) is 1. The number of nitrogens with zero attached hydrogens (tertiary/aromatic N) is 3. The third-order valence-electron chi connectivity index (χ3n) is 4.96. The molecule has 152 valence electrons. The summed E-state index contributed by atoms with van der Waals surface area (Å²) in [7, 11) is 0. The van der Waals surface area contributed by atoms with Gasteiger partial charge < -0.3 is 9.88 Å². The highest BCUT2D eigenvalue weighted by Gasteiger charge is 2.36. The van der Waals surface area contributed by atoms with Gasteiger partial charge >= 0.3 is 0 Å². The predicted octanol–water partition coefficient (Wildman–Crippen LogP) is 3.58. The molecule has 1 unspecified atom stereocenters. The van der Waals surface area contributed by atoms with Crippen molar-refractivity contribution in [1.82, 2.24) is 14.5 Å². The van der Waals surface area contributed by atoms with Crippen molar-refractivity contribution in [3.8, 4) is 0 Å². The number of hydrogen-bond acceptors (Lipinski definition) is 3. The molecule has 1 aliphatic rings. The number of halogens is 4. The first-order valence-corrected chi connectivity index (χ1v) is 9.04. The van der Waals surface area contributed by atoms with Gasteiger partial charge in [-0.1, -0.05) is 0 Å². The van der Waals surface area contributed by atoms with Crippen molar-refractivity contribution in [1.29, 1.82) is 0 Å². The zero-order valence-corrected chi connectivity index (χ0v) is 15.7. The second-order valence-corrected chi connectivity index (χ2v) is 7.14. The van der Waals surface area contributed by atoms with E-state index in [2.05, 4.69) is 10.3 Å². The average Bonchev–Trinajstić information content (AvgIpc) is 2.92. The maximum Gasteiger partial charge on any atom is 0.250 e. The van der Waals surface area contributed by atoms with Crippen LogP contribution in [0.15, 0.2) is 24.4 Å². The number of aryl methyl sites for hydroxylation is 1. The molecule has 1 aromatic heterocycles. The first-order chi connectivity index (χ1) is 13.1. The maximum atomic E-state index is 13.3. The van der Waals surface area contributed by atoms with Gasteiger partial charge in [0.15, 0.2) is 5.82 Å². The fourth-order valence-corrected chi connectivity index (χ4v) is 3.26. The molecule has 1 aromatic carbocycles. The molecule has 0 saturated carbocycles. The van der Waals surface area contributed by atoms with Crippen LogP contribution in [0.3, 0.4) is 0 Å². The Morgan fingerprint density at radius 3 is 2.43 bits per heavy atom. The van der Waals surface area contributed by atoms with E-state index in [0.29, 0.717) is 17.2 Å². The summed E-state index contributed by atoms with van der Waals surface area (Å²) in [6.07, 6.45) is 1.05. The molecule has 1 fully saturated rings. The molecule has 0 spiro atoms. The lowest BCUT2D eigenvalue weighted by molar-refractivity contribution is -0.124. The number of rotatable bonds is 5. The van der Waals surface area contributed by atoms with Crippen LogP contribution in [0.4, 0.5) is 23.4 Å². The first-order valence-electron chi connectivity index (χ1n) is 9.04.